The topological polar surface area (TPSA) is 46.5 Å². The van der Waals surface area contributed by atoms with Gasteiger partial charge < -0.3 is 9.84 Å². The molecule has 0 fully saturated rings. The molecule has 1 atom stereocenters. The van der Waals surface area contributed by atoms with Gasteiger partial charge in [0.1, 0.15) is 0 Å². The highest BCUT2D eigenvalue weighted by Gasteiger charge is 2.16. The van der Waals surface area contributed by atoms with E-state index in [1.807, 2.05) is 20.8 Å². The predicted octanol–water partition coefficient (Wildman–Crippen LogP) is 1.91. The van der Waals surface area contributed by atoms with Crippen molar-refractivity contribution in [3.8, 4) is 0 Å². The molecule has 12 heavy (non-hydrogen) atoms. The van der Waals surface area contributed by atoms with Gasteiger partial charge in [-0.3, -0.25) is 0 Å². The molecule has 1 unspecified atom stereocenters. The molecule has 0 rings (SSSR count). The van der Waals surface area contributed by atoms with E-state index in [0.717, 1.165) is 6.42 Å². The van der Waals surface area contributed by atoms with E-state index in [0.29, 0.717) is 18.9 Å². The van der Waals surface area contributed by atoms with Crippen LogP contribution < -0.4 is 0 Å². The lowest BCUT2D eigenvalue weighted by atomic mass is 10.2. The molecule has 0 aliphatic heterocycles. The minimum Gasteiger partial charge on any atom is -0.479 e. The summed E-state index contributed by atoms with van der Waals surface area (Å²) in [5.41, 5.74) is 0. The Morgan fingerprint density at radius 1 is 1.50 bits per heavy atom. The Balaban J connectivity index is 3.71. The summed E-state index contributed by atoms with van der Waals surface area (Å²) in [6, 6.07) is 0. The van der Waals surface area contributed by atoms with Crippen LogP contribution in [0.3, 0.4) is 0 Å². The van der Waals surface area contributed by atoms with Crippen molar-refractivity contribution in [1.29, 1.82) is 0 Å². The Labute approximate surface area is 73.7 Å². The van der Waals surface area contributed by atoms with E-state index in [4.69, 9.17) is 9.84 Å². The molecule has 1 N–H and O–H groups in total. The number of carboxylic acids is 1. The summed E-state index contributed by atoms with van der Waals surface area (Å²) in [5.74, 6) is -0.457. The lowest BCUT2D eigenvalue weighted by molar-refractivity contribution is -0.151. The highest BCUT2D eigenvalue weighted by molar-refractivity contribution is 5.72. The summed E-state index contributed by atoms with van der Waals surface area (Å²) in [7, 11) is 0. The van der Waals surface area contributed by atoms with E-state index < -0.39 is 12.1 Å². The second-order valence-corrected chi connectivity index (χ2v) is 3.34. The van der Waals surface area contributed by atoms with Crippen LogP contribution in [0.25, 0.3) is 0 Å². The fourth-order valence-corrected chi connectivity index (χ4v) is 0.849. The Morgan fingerprint density at radius 2 is 2.08 bits per heavy atom. The Hall–Kier alpha value is -0.570. The molecule has 0 aromatic heterocycles. The number of carbonyl (C=O) groups is 1. The Kier molecular flexibility index (Phi) is 5.72. The quantitative estimate of drug-likeness (QED) is 0.669. The molecule has 72 valence electrons. The van der Waals surface area contributed by atoms with Crippen molar-refractivity contribution in [2.24, 2.45) is 5.92 Å². The van der Waals surface area contributed by atoms with Gasteiger partial charge in [-0.15, -0.1) is 0 Å². The number of aliphatic carboxylic acids is 1. The van der Waals surface area contributed by atoms with Crippen molar-refractivity contribution in [2.45, 2.75) is 39.7 Å². The average Bonchev–Trinajstić information content (AvgIpc) is 1.96. The van der Waals surface area contributed by atoms with Crippen molar-refractivity contribution < 1.29 is 14.6 Å². The Morgan fingerprint density at radius 3 is 2.42 bits per heavy atom. The summed E-state index contributed by atoms with van der Waals surface area (Å²) in [4.78, 5) is 10.6. The van der Waals surface area contributed by atoms with E-state index in [2.05, 4.69) is 0 Å². The maximum absolute atomic E-state index is 10.6. The SMILES string of the molecule is CCCC(OCC(C)C)C(=O)O. The maximum Gasteiger partial charge on any atom is 0.332 e. The average molecular weight is 174 g/mol. The first-order valence-corrected chi connectivity index (χ1v) is 4.42. The van der Waals surface area contributed by atoms with Crippen LogP contribution in [-0.2, 0) is 9.53 Å². The van der Waals surface area contributed by atoms with Crippen LogP contribution in [0.1, 0.15) is 33.6 Å². The highest BCUT2D eigenvalue weighted by Crippen LogP contribution is 2.04. The number of hydrogen-bond donors (Lipinski definition) is 1. The summed E-state index contributed by atoms with van der Waals surface area (Å²) in [6.07, 6.45) is 0.828. The molecular formula is C9H18O3. The van der Waals surface area contributed by atoms with Gasteiger partial charge in [0.2, 0.25) is 0 Å². The van der Waals surface area contributed by atoms with E-state index >= 15 is 0 Å². The van der Waals surface area contributed by atoms with Gasteiger partial charge >= 0.3 is 5.97 Å². The van der Waals surface area contributed by atoms with Gasteiger partial charge in [-0.2, -0.15) is 0 Å². The molecule has 0 aromatic rings. The molecule has 0 saturated heterocycles. The molecule has 3 nitrogen and oxygen atoms in total. The lowest BCUT2D eigenvalue weighted by Gasteiger charge is -2.13. The van der Waals surface area contributed by atoms with Crippen LogP contribution in [0, 0.1) is 5.92 Å². The van der Waals surface area contributed by atoms with Gasteiger partial charge in [0, 0.05) is 0 Å². The maximum atomic E-state index is 10.6. The van der Waals surface area contributed by atoms with Crippen LogP contribution in [0.2, 0.25) is 0 Å². The zero-order valence-electron chi connectivity index (χ0n) is 8.04. The largest absolute Gasteiger partial charge is 0.479 e. The molecule has 0 spiro atoms. The number of rotatable bonds is 6. The molecule has 0 heterocycles. The van der Waals surface area contributed by atoms with Crippen LogP contribution in [0.4, 0.5) is 0 Å². The third-order valence-corrected chi connectivity index (χ3v) is 1.46. The monoisotopic (exact) mass is 174 g/mol. The standard InChI is InChI=1S/C9H18O3/c1-4-5-8(9(10)11)12-6-7(2)3/h7-8H,4-6H2,1-3H3,(H,10,11). The van der Waals surface area contributed by atoms with Crippen molar-refractivity contribution in [3.05, 3.63) is 0 Å². The molecule has 0 aromatic carbocycles. The second-order valence-electron chi connectivity index (χ2n) is 3.34. The van der Waals surface area contributed by atoms with Gasteiger partial charge in [-0.25, -0.2) is 4.79 Å². The molecule has 0 bridgehead atoms. The zero-order chi connectivity index (χ0) is 9.56. The van der Waals surface area contributed by atoms with Crippen LogP contribution >= 0.6 is 0 Å². The van der Waals surface area contributed by atoms with Gasteiger partial charge in [0.15, 0.2) is 6.10 Å². The zero-order valence-corrected chi connectivity index (χ0v) is 8.04. The molecule has 0 amide bonds. The van der Waals surface area contributed by atoms with E-state index in [9.17, 15) is 4.79 Å². The smallest absolute Gasteiger partial charge is 0.332 e. The van der Waals surface area contributed by atoms with Gasteiger partial charge in [-0.05, 0) is 12.3 Å². The molecular weight excluding hydrogens is 156 g/mol. The van der Waals surface area contributed by atoms with Crippen molar-refractivity contribution in [3.63, 3.8) is 0 Å². The predicted molar refractivity (Wildman–Crippen MR) is 47.1 cm³/mol. The molecule has 3 heteroatoms. The van der Waals surface area contributed by atoms with Crippen molar-refractivity contribution in [1.82, 2.24) is 0 Å². The van der Waals surface area contributed by atoms with Crippen molar-refractivity contribution >= 4 is 5.97 Å². The molecule has 0 aliphatic carbocycles. The molecule has 0 saturated carbocycles. The lowest BCUT2D eigenvalue weighted by Crippen LogP contribution is -2.25. The Bertz CT molecular complexity index is 132. The molecule has 0 radical (unpaired) electrons. The summed E-state index contributed by atoms with van der Waals surface area (Å²) in [5, 5.41) is 8.69. The van der Waals surface area contributed by atoms with Gasteiger partial charge in [0.25, 0.3) is 0 Å². The van der Waals surface area contributed by atoms with Gasteiger partial charge in [-0.1, -0.05) is 27.2 Å². The first-order chi connectivity index (χ1) is 5.57. The fourth-order valence-electron chi connectivity index (χ4n) is 0.849. The van der Waals surface area contributed by atoms with E-state index in [1.165, 1.54) is 0 Å². The highest BCUT2D eigenvalue weighted by atomic mass is 16.5. The summed E-state index contributed by atoms with van der Waals surface area (Å²) < 4.78 is 5.21. The number of carboxylic acid groups (broad SMARTS) is 1. The number of ether oxygens (including phenoxy) is 1. The fraction of sp³-hybridized carbons (Fsp3) is 0.889. The second kappa shape index (κ2) is 6.00. The molecule has 0 aliphatic rings. The minimum absolute atomic E-state index is 0.392. The normalized spacial score (nSPS) is 13.3. The van der Waals surface area contributed by atoms with Crippen LogP contribution in [0.5, 0.6) is 0 Å². The van der Waals surface area contributed by atoms with E-state index in [-0.39, 0.29) is 0 Å². The van der Waals surface area contributed by atoms with E-state index in [1.54, 1.807) is 0 Å². The minimum atomic E-state index is -0.850. The number of hydrogen-bond acceptors (Lipinski definition) is 2. The third-order valence-electron chi connectivity index (χ3n) is 1.46. The third kappa shape index (κ3) is 5.13. The first kappa shape index (κ1) is 11.4. The van der Waals surface area contributed by atoms with Crippen LogP contribution in [-0.4, -0.2) is 23.8 Å². The van der Waals surface area contributed by atoms with Crippen LogP contribution in [0.15, 0.2) is 0 Å². The summed E-state index contributed by atoms with van der Waals surface area (Å²) in [6.45, 7) is 6.49. The first-order valence-electron chi connectivity index (χ1n) is 4.42. The van der Waals surface area contributed by atoms with Gasteiger partial charge in [0.05, 0.1) is 6.61 Å². The van der Waals surface area contributed by atoms with Crippen molar-refractivity contribution in [2.75, 3.05) is 6.61 Å². The summed E-state index contributed by atoms with van der Waals surface area (Å²) >= 11 is 0.